The van der Waals surface area contributed by atoms with Crippen molar-refractivity contribution in [2.75, 3.05) is 6.61 Å². The number of hydrogen-bond donors (Lipinski definition) is 2. The summed E-state index contributed by atoms with van der Waals surface area (Å²) in [6.07, 6.45) is 1.07. The molecule has 5 nitrogen and oxygen atoms in total. The molecule has 4 rings (SSSR count). The van der Waals surface area contributed by atoms with E-state index in [2.05, 4.69) is 34.6 Å². The molecule has 2 N–H and O–H groups in total. The van der Waals surface area contributed by atoms with E-state index in [0.29, 0.717) is 0 Å². The van der Waals surface area contributed by atoms with Crippen molar-refractivity contribution in [1.29, 1.82) is 0 Å². The number of carbonyl (C=O) groups is 1. The maximum atomic E-state index is 12.3. The number of rotatable bonds is 4. The Balaban J connectivity index is 1.46. The number of H-pyrrole nitrogens is 1. The molecule has 1 aliphatic rings. The molecule has 27 heavy (non-hydrogen) atoms. The lowest BCUT2D eigenvalue weighted by atomic mass is 9.98. The second-order valence-electron chi connectivity index (χ2n) is 6.68. The van der Waals surface area contributed by atoms with Crippen LogP contribution in [0.1, 0.15) is 35.6 Å². The van der Waals surface area contributed by atoms with E-state index >= 15 is 0 Å². The lowest BCUT2D eigenvalue weighted by Crippen LogP contribution is -2.29. The van der Waals surface area contributed by atoms with Crippen molar-refractivity contribution in [3.8, 4) is 11.1 Å². The van der Waals surface area contributed by atoms with E-state index in [1.54, 1.807) is 12.3 Å². The number of benzene rings is 2. The number of aromatic nitrogens is 1. The van der Waals surface area contributed by atoms with E-state index in [1.807, 2.05) is 31.2 Å². The minimum absolute atomic E-state index is 0.0259. The zero-order chi connectivity index (χ0) is 18.8. The van der Waals surface area contributed by atoms with Crippen LogP contribution in [-0.4, -0.2) is 17.7 Å². The molecule has 1 atom stereocenters. The number of alkyl carbamates (subject to hydrolysis) is 1. The first-order valence-corrected chi connectivity index (χ1v) is 8.93. The third-order valence-electron chi connectivity index (χ3n) is 4.98. The topological polar surface area (TPSA) is 71.2 Å². The van der Waals surface area contributed by atoms with Gasteiger partial charge in [-0.15, -0.1) is 0 Å². The van der Waals surface area contributed by atoms with Crippen molar-refractivity contribution in [1.82, 2.24) is 10.3 Å². The first-order chi connectivity index (χ1) is 13.1. The van der Waals surface area contributed by atoms with Gasteiger partial charge in [-0.1, -0.05) is 48.5 Å². The highest BCUT2D eigenvalue weighted by Crippen LogP contribution is 2.44. The third-order valence-corrected chi connectivity index (χ3v) is 4.98. The maximum absolute atomic E-state index is 12.3. The zero-order valence-corrected chi connectivity index (χ0v) is 14.9. The summed E-state index contributed by atoms with van der Waals surface area (Å²) in [6, 6.07) is 19.3. The van der Waals surface area contributed by atoms with Crippen molar-refractivity contribution < 1.29 is 9.53 Å². The van der Waals surface area contributed by atoms with Gasteiger partial charge in [0.05, 0.1) is 6.04 Å². The monoisotopic (exact) mass is 360 g/mol. The standard InChI is InChI=1S/C22H20N2O3/c1-14(15-10-11-23-21(25)12-15)24-22(26)27-13-20-18-8-4-2-6-16(18)17-7-3-5-9-19(17)20/h2-12,14,20H,13H2,1H3,(H,23,25)(H,24,26). The van der Waals surface area contributed by atoms with Crippen LogP contribution >= 0.6 is 0 Å². The van der Waals surface area contributed by atoms with E-state index < -0.39 is 6.09 Å². The van der Waals surface area contributed by atoms with Crippen molar-refractivity contribution in [3.05, 3.63) is 93.9 Å². The highest BCUT2D eigenvalue weighted by atomic mass is 16.5. The van der Waals surface area contributed by atoms with E-state index in [-0.39, 0.29) is 24.1 Å². The number of aromatic amines is 1. The lowest BCUT2D eigenvalue weighted by Gasteiger charge is -2.17. The summed E-state index contributed by atoms with van der Waals surface area (Å²) in [5.74, 6) is 0.0259. The maximum Gasteiger partial charge on any atom is 0.407 e. The average molecular weight is 360 g/mol. The molecule has 0 saturated carbocycles. The number of fused-ring (bicyclic) bond motifs is 3. The fourth-order valence-corrected chi connectivity index (χ4v) is 3.63. The molecule has 0 aliphatic heterocycles. The summed E-state index contributed by atoms with van der Waals surface area (Å²) in [4.78, 5) is 26.2. The van der Waals surface area contributed by atoms with E-state index in [4.69, 9.17) is 4.74 Å². The second-order valence-corrected chi connectivity index (χ2v) is 6.68. The van der Waals surface area contributed by atoms with Crippen LogP contribution in [0.3, 0.4) is 0 Å². The Labute approximate surface area is 157 Å². The van der Waals surface area contributed by atoms with Crippen LogP contribution in [0.15, 0.2) is 71.7 Å². The Kier molecular flexibility index (Phi) is 4.50. The molecule has 1 aliphatic carbocycles. The smallest absolute Gasteiger partial charge is 0.407 e. The van der Waals surface area contributed by atoms with Gasteiger partial charge >= 0.3 is 6.09 Å². The van der Waals surface area contributed by atoms with Gasteiger partial charge < -0.3 is 15.0 Å². The van der Waals surface area contributed by atoms with Gasteiger partial charge in [0.15, 0.2) is 0 Å². The van der Waals surface area contributed by atoms with Gasteiger partial charge in [-0.2, -0.15) is 0 Å². The second kappa shape index (κ2) is 7.11. The van der Waals surface area contributed by atoms with Gasteiger partial charge in [0.2, 0.25) is 5.56 Å². The largest absolute Gasteiger partial charge is 0.449 e. The Morgan fingerprint density at radius 2 is 1.70 bits per heavy atom. The van der Waals surface area contributed by atoms with Gasteiger partial charge in [-0.05, 0) is 40.8 Å². The zero-order valence-electron chi connectivity index (χ0n) is 14.9. The van der Waals surface area contributed by atoms with Gasteiger partial charge in [-0.25, -0.2) is 4.79 Å². The molecule has 1 amide bonds. The number of nitrogens with one attached hydrogen (secondary N) is 2. The van der Waals surface area contributed by atoms with Crippen molar-refractivity contribution in [2.45, 2.75) is 18.9 Å². The SMILES string of the molecule is CC(NC(=O)OCC1c2ccccc2-c2ccccc21)c1cc[nH]c(=O)c1. The van der Waals surface area contributed by atoms with Crippen LogP contribution < -0.4 is 10.9 Å². The van der Waals surface area contributed by atoms with Crippen LogP contribution in [-0.2, 0) is 4.74 Å². The van der Waals surface area contributed by atoms with Gasteiger partial charge in [0.1, 0.15) is 6.61 Å². The van der Waals surface area contributed by atoms with Gasteiger partial charge in [-0.3, -0.25) is 4.79 Å². The molecule has 0 radical (unpaired) electrons. The Hall–Kier alpha value is -3.34. The predicted octanol–water partition coefficient (Wildman–Crippen LogP) is 3.97. The summed E-state index contributed by atoms with van der Waals surface area (Å²) in [5.41, 5.74) is 5.27. The molecule has 0 bridgehead atoms. The number of ether oxygens (including phenoxy) is 1. The Morgan fingerprint density at radius 1 is 1.07 bits per heavy atom. The first-order valence-electron chi connectivity index (χ1n) is 8.93. The molecular weight excluding hydrogens is 340 g/mol. The quantitative estimate of drug-likeness (QED) is 0.739. The summed E-state index contributed by atoms with van der Waals surface area (Å²) < 4.78 is 5.53. The summed E-state index contributed by atoms with van der Waals surface area (Å²) >= 11 is 0. The molecule has 1 heterocycles. The molecule has 1 aromatic heterocycles. The molecule has 0 spiro atoms. The Bertz CT molecular complexity index is 996. The third kappa shape index (κ3) is 3.36. The van der Waals surface area contributed by atoms with Gasteiger partial charge in [0, 0.05) is 18.2 Å². The Morgan fingerprint density at radius 3 is 2.33 bits per heavy atom. The molecule has 136 valence electrons. The molecule has 0 saturated heterocycles. The van der Waals surface area contributed by atoms with Crippen molar-refractivity contribution in [3.63, 3.8) is 0 Å². The molecule has 1 unspecified atom stereocenters. The number of pyridine rings is 1. The summed E-state index contributed by atoms with van der Waals surface area (Å²) in [5, 5.41) is 2.78. The summed E-state index contributed by atoms with van der Waals surface area (Å²) in [7, 11) is 0. The highest BCUT2D eigenvalue weighted by Gasteiger charge is 2.29. The van der Waals surface area contributed by atoms with Crippen LogP contribution in [0.25, 0.3) is 11.1 Å². The number of hydrogen-bond acceptors (Lipinski definition) is 3. The van der Waals surface area contributed by atoms with Gasteiger partial charge in [0.25, 0.3) is 0 Å². The van der Waals surface area contributed by atoms with Crippen molar-refractivity contribution >= 4 is 6.09 Å². The van der Waals surface area contributed by atoms with Crippen LogP contribution in [0.4, 0.5) is 4.79 Å². The fourth-order valence-electron chi connectivity index (χ4n) is 3.63. The molecule has 2 aromatic carbocycles. The lowest BCUT2D eigenvalue weighted by molar-refractivity contribution is 0.140. The predicted molar refractivity (Wildman–Crippen MR) is 104 cm³/mol. The molecule has 0 fully saturated rings. The number of amides is 1. The molecule has 3 aromatic rings. The number of carbonyl (C=O) groups excluding carboxylic acids is 1. The van der Waals surface area contributed by atoms with Crippen LogP contribution in [0.5, 0.6) is 0 Å². The van der Waals surface area contributed by atoms with Crippen molar-refractivity contribution in [2.24, 2.45) is 0 Å². The summed E-state index contributed by atoms with van der Waals surface area (Å²) in [6.45, 7) is 2.08. The minimum atomic E-state index is -0.496. The van der Waals surface area contributed by atoms with Crippen LogP contribution in [0.2, 0.25) is 0 Å². The van der Waals surface area contributed by atoms with E-state index in [0.717, 1.165) is 5.56 Å². The first kappa shape index (κ1) is 17.1. The van der Waals surface area contributed by atoms with E-state index in [1.165, 1.54) is 28.3 Å². The normalized spacial score (nSPS) is 13.5. The highest BCUT2D eigenvalue weighted by molar-refractivity contribution is 5.79. The average Bonchev–Trinajstić information content (AvgIpc) is 3.00. The fraction of sp³-hybridized carbons (Fsp3) is 0.182. The van der Waals surface area contributed by atoms with Crippen LogP contribution in [0, 0.1) is 0 Å². The molecule has 5 heteroatoms. The molecular formula is C22H20N2O3. The minimum Gasteiger partial charge on any atom is -0.449 e. The van der Waals surface area contributed by atoms with E-state index in [9.17, 15) is 9.59 Å².